The van der Waals surface area contributed by atoms with E-state index in [0.29, 0.717) is 19.3 Å². The van der Waals surface area contributed by atoms with Gasteiger partial charge >= 0.3 is 5.97 Å². The maximum atomic E-state index is 11.7. The average Bonchev–Trinajstić information content (AvgIpc) is 2.66. The third-order valence-electron chi connectivity index (χ3n) is 4.28. The minimum Gasteiger partial charge on any atom is -0.481 e. The normalized spacial score (nSPS) is 20.5. The lowest BCUT2D eigenvalue weighted by Gasteiger charge is -2.30. The quantitative estimate of drug-likeness (QED) is 0.816. The highest BCUT2D eigenvalue weighted by Gasteiger charge is 2.40. The number of aliphatic hydroxyl groups is 1. The lowest BCUT2D eigenvalue weighted by molar-refractivity contribution is -0.152. The molecule has 1 fully saturated rings. The summed E-state index contributed by atoms with van der Waals surface area (Å²) < 4.78 is 0. The molecule has 19 heavy (non-hydrogen) atoms. The van der Waals surface area contributed by atoms with Gasteiger partial charge in [0.15, 0.2) is 0 Å². The van der Waals surface area contributed by atoms with Crippen molar-refractivity contribution >= 4 is 5.97 Å². The second kappa shape index (κ2) is 6.20. The predicted octanol–water partition coefficient (Wildman–Crippen LogP) is 3.54. The highest BCUT2D eigenvalue weighted by atomic mass is 16.4. The van der Waals surface area contributed by atoms with Gasteiger partial charge in [0.25, 0.3) is 0 Å². The van der Waals surface area contributed by atoms with Crippen molar-refractivity contribution in [3.8, 4) is 0 Å². The van der Waals surface area contributed by atoms with Crippen LogP contribution in [0.4, 0.5) is 0 Å². The lowest BCUT2D eigenvalue weighted by Crippen LogP contribution is -2.32. The molecular formula is C16H22O3. The molecule has 1 saturated carbocycles. The van der Waals surface area contributed by atoms with Gasteiger partial charge in [-0.05, 0) is 24.8 Å². The zero-order valence-electron chi connectivity index (χ0n) is 11.2. The number of aliphatic hydroxyl groups excluding tert-OH is 1. The fourth-order valence-corrected chi connectivity index (χ4v) is 3.07. The Labute approximate surface area is 114 Å². The van der Waals surface area contributed by atoms with Crippen molar-refractivity contribution in [2.24, 2.45) is 5.41 Å². The summed E-state index contributed by atoms with van der Waals surface area (Å²) in [5, 5.41) is 19.9. The molecule has 2 N–H and O–H groups in total. The molecule has 0 heterocycles. The van der Waals surface area contributed by atoms with Gasteiger partial charge < -0.3 is 10.2 Å². The fraction of sp³-hybridized carbons (Fsp3) is 0.562. The summed E-state index contributed by atoms with van der Waals surface area (Å²) in [4.78, 5) is 11.7. The topological polar surface area (TPSA) is 57.5 Å². The second-order valence-electron chi connectivity index (χ2n) is 5.63. The Morgan fingerprint density at radius 3 is 2.21 bits per heavy atom. The van der Waals surface area contributed by atoms with Gasteiger partial charge in [-0.25, -0.2) is 0 Å². The van der Waals surface area contributed by atoms with Crippen molar-refractivity contribution in [1.29, 1.82) is 0 Å². The maximum absolute atomic E-state index is 11.7. The molecule has 1 aliphatic rings. The van der Waals surface area contributed by atoms with Gasteiger partial charge in [0.1, 0.15) is 0 Å². The molecule has 3 heteroatoms. The molecule has 0 spiro atoms. The molecule has 0 aromatic heterocycles. The lowest BCUT2D eigenvalue weighted by atomic mass is 9.75. The van der Waals surface area contributed by atoms with Crippen LogP contribution in [0.1, 0.15) is 56.6 Å². The Morgan fingerprint density at radius 1 is 1.11 bits per heavy atom. The summed E-state index contributed by atoms with van der Waals surface area (Å²) in [6, 6.07) is 9.36. The molecule has 1 atom stereocenters. The minimum absolute atomic E-state index is 0.326. The monoisotopic (exact) mass is 262 g/mol. The standard InChI is InChI=1S/C16H22O3/c17-14(13-8-4-3-5-9-13)12-16(15(18)19)10-6-1-2-7-11-16/h3-5,8-9,14,17H,1-2,6-7,10-12H2,(H,18,19). The summed E-state index contributed by atoms with van der Waals surface area (Å²) >= 11 is 0. The first-order chi connectivity index (χ1) is 9.14. The molecule has 0 bridgehead atoms. The molecule has 0 saturated heterocycles. The Bertz CT molecular complexity index is 405. The van der Waals surface area contributed by atoms with E-state index < -0.39 is 17.5 Å². The van der Waals surface area contributed by atoms with E-state index in [-0.39, 0.29) is 0 Å². The van der Waals surface area contributed by atoms with Crippen molar-refractivity contribution in [1.82, 2.24) is 0 Å². The number of hydrogen-bond donors (Lipinski definition) is 2. The summed E-state index contributed by atoms with van der Waals surface area (Å²) in [6.45, 7) is 0. The van der Waals surface area contributed by atoms with E-state index in [9.17, 15) is 15.0 Å². The molecule has 2 rings (SSSR count). The van der Waals surface area contributed by atoms with E-state index in [4.69, 9.17) is 0 Å². The van der Waals surface area contributed by atoms with Gasteiger partial charge in [0.2, 0.25) is 0 Å². The van der Waals surface area contributed by atoms with Gasteiger partial charge in [-0.1, -0.05) is 56.0 Å². The Morgan fingerprint density at radius 2 is 1.68 bits per heavy atom. The van der Waals surface area contributed by atoms with Crippen LogP contribution < -0.4 is 0 Å². The number of rotatable bonds is 4. The highest BCUT2D eigenvalue weighted by molar-refractivity contribution is 5.74. The molecule has 0 aliphatic heterocycles. The Balaban J connectivity index is 2.14. The Kier molecular flexibility index (Phi) is 4.59. The summed E-state index contributed by atoms with van der Waals surface area (Å²) in [6.07, 6.45) is 5.13. The minimum atomic E-state index is -0.746. The van der Waals surface area contributed by atoms with Crippen LogP contribution in [-0.4, -0.2) is 16.2 Å². The molecule has 1 aromatic rings. The van der Waals surface area contributed by atoms with Gasteiger partial charge in [0.05, 0.1) is 11.5 Å². The van der Waals surface area contributed by atoms with E-state index in [1.165, 1.54) is 0 Å². The highest BCUT2D eigenvalue weighted by Crippen LogP contribution is 2.42. The zero-order valence-corrected chi connectivity index (χ0v) is 11.2. The van der Waals surface area contributed by atoms with Crippen LogP contribution in [-0.2, 0) is 4.79 Å². The van der Waals surface area contributed by atoms with Gasteiger partial charge in [-0.2, -0.15) is 0 Å². The SMILES string of the molecule is O=C(O)C1(CC(O)c2ccccc2)CCCCCC1. The summed E-state index contributed by atoms with van der Waals surface area (Å²) in [5.74, 6) is -0.746. The number of hydrogen-bond acceptors (Lipinski definition) is 2. The van der Waals surface area contributed by atoms with E-state index in [1.54, 1.807) is 0 Å². The van der Waals surface area contributed by atoms with E-state index in [1.807, 2.05) is 30.3 Å². The maximum Gasteiger partial charge on any atom is 0.309 e. The number of benzene rings is 1. The van der Waals surface area contributed by atoms with E-state index in [2.05, 4.69) is 0 Å². The summed E-state index contributed by atoms with van der Waals surface area (Å²) in [5.41, 5.74) is 0.0681. The van der Waals surface area contributed by atoms with E-state index >= 15 is 0 Å². The van der Waals surface area contributed by atoms with Gasteiger partial charge in [-0.15, -0.1) is 0 Å². The largest absolute Gasteiger partial charge is 0.481 e. The molecule has 0 radical (unpaired) electrons. The van der Waals surface area contributed by atoms with Crippen molar-refractivity contribution < 1.29 is 15.0 Å². The number of carbonyl (C=O) groups is 1. The fourth-order valence-electron chi connectivity index (χ4n) is 3.07. The molecule has 3 nitrogen and oxygen atoms in total. The van der Waals surface area contributed by atoms with Crippen LogP contribution in [0, 0.1) is 5.41 Å². The third kappa shape index (κ3) is 3.35. The van der Waals surface area contributed by atoms with Crippen molar-refractivity contribution in [2.45, 2.75) is 51.0 Å². The number of carboxylic acid groups (broad SMARTS) is 1. The van der Waals surface area contributed by atoms with Crippen molar-refractivity contribution in [3.05, 3.63) is 35.9 Å². The summed E-state index contributed by atoms with van der Waals surface area (Å²) in [7, 11) is 0. The number of carboxylic acids is 1. The van der Waals surface area contributed by atoms with Crippen LogP contribution in [0.15, 0.2) is 30.3 Å². The molecular weight excluding hydrogens is 240 g/mol. The third-order valence-corrected chi connectivity index (χ3v) is 4.28. The van der Waals surface area contributed by atoms with Crippen LogP contribution in [0.25, 0.3) is 0 Å². The number of aliphatic carboxylic acids is 1. The van der Waals surface area contributed by atoms with Crippen LogP contribution in [0.3, 0.4) is 0 Å². The first-order valence-corrected chi connectivity index (χ1v) is 7.10. The average molecular weight is 262 g/mol. The van der Waals surface area contributed by atoms with Gasteiger partial charge in [-0.3, -0.25) is 4.79 Å². The second-order valence-corrected chi connectivity index (χ2v) is 5.63. The first kappa shape index (κ1) is 14.1. The first-order valence-electron chi connectivity index (χ1n) is 7.10. The molecule has 0 amide bonds. The van der Waals surface area contributed by atoms with Crippen LogP contribution in [0.5, 0.6) is 0 Å². The predicted molar refractivity (Wildman–Crippen MR) is 73.8 cm³/mol. The van der Waals surface area contributed by atoms with Crippen molar-refractivity contribution in [3.63, 3.8) is 0 Å². The molecule has 1 aromatic carbocycles. The molecule has 1 aliphatic carbocycles. The molecule has 1 unspecified atom stereocenters. The smallest absolute Gasteiger partial charge is 0.309 e. The molecule has 104 valence electrons. The van der Waals surface area contributed by atoms with Crippen LogP contribution >= 0.6 is 0 Å². The van der Waals surface area contributed by atoms with E-state index in [0.717, 1.165) is 31.2 Å². The Hall–Kier alpha value is -1.35. The van der Waals surface area contributed by atoms with Gasteiger partial charge in [0, 0.05) is 0 Å². The van der Waals surface area contributed by atoms with Crippen molar-refractivity contribution in [2.75, 3.05) is 0 Å². The zero-order chi connectivity index (χ0) is 13.7. The van der Waals surface area contributed by atoms with Crippen LogP contribution in [0.2, 0.25) is 0 Å².